The molecular formula is C35H31GeN2O+. The summed E-state index contributed by atoms with van der Waals surface area (Å²) in [5.41, 5.74) is 9.93. The van der Waals surface area contributed by atoms with Gasteiger partial charge in [0.15, 0.2) is 0 Å². The van der Waals surface area contributed by atoms with Crippen molar-refractivity contribution < 1.29 is 8.98 Å². The van der Waals surface area contributed by atoms with Crippen molar-refractivity contribution in [2.24, 2.45) is 7.05 Å². The molecule has 2 aromatic heterocycles. The van der Waals surface area contributed by atoms with Crippen molar-refractivity contribution in [1.82, 2.24) is 0 Å². The summed E-state index contributed by atoms with van der Waals surface area (Å²) in [5.74, 6) is 7.15. The number of nitrogens with zero attached hydrogens (tertiary/aromatic N) is 2. The fraction of sp³-hybridized carbons (Fsp3) is 0.143. The summed E-state index contributed by atoms with van der Waals surface area (Å²) in [5, 5.41) is 12.7. The molecule has 0 saturated heterocycles. The van der Waals surface area contributed by atoms with Crippen molar-refractivity contribution >= 4 is 39.6 Å². The van der Waals surface area contributed by atoms with Gasteiger partial charge in [-0.15, -0.1) is 0 Å². The molecule has 0 fully saturated rings. The van der Waals surface area contributed by atoms with E-state index in [0.717, 1.165) is 50.1 Å². The van der Waals surface area contributed by atoms with Crippen LogP contribution in [0.5, 0.6) is 0 Å². The molecule has 0 aliphatic heterocycles. The van der Waals surface area contributed by atoms with Gasteiger partial charge in [-0.1, -0.05) is 0 Å². The van der Waals surface area contributed by atoms with E-state index in [0.29, 0.717) is 5.56 Å². The first-order valence-corrected chi connectivity index (χ1v) is 20.7. The molecule has 190 valence electrons. The van der Waals surface area contributed by atoms with Gasteiger partial charge in [-0.25, -0.2) is 0 Å². The van der Waals surface area contributed by atoms with Gasteiger partial charge in [0.05, 0.1) is 0 Å². The zero-order chi connectivity index (χ0) is 27.3. The molecule has 0 radical (unpaired) electrons. The molecule has 0 saturated carbocycles. The van der Waals surface area contributed by atoms with E-state index in [-0.39, 0.29) is 0 Å². The normalized spacial score (nSPS) is 11.7. The third kappa shape index (κ3) is 4.26. The van der Waals surface area contributed by atoms with Crippen LogP contribution in [0.3, 0.4) is 0 Å². The van der Waals surface area contributed by atoms with Crippen molar-refractivity contribution in [3.05, 3.63) is 108 Å². The monoisotopic (exact) mass is 569 g/mol. The summed E-state index contributed by atoms with van der Waals surface area (Å²) in [7, 11) is 2.07. The molecule has 0 unspecified atom stereocenters. The van der Waals surface area contributed by atoms with Crippen molar-refractivity contribution in [3.8, 4) is 39.6 Å². The van der Waals surface area contributed by atoms with Crippen LogP contribution in [0.15, 0.2) is 102 Å². The number of fused-ring (bicyclic) bond motifs is 3. The van der Waals surface area contributed by atoms with Gasteiger partial charge in [-0.05, 0) is 0 Å². The molecular weight excluding hydrogens is 537 g/mol. The minimum absolute atomic E-state index is 0.674. The van der Waals surface area contributed by atoms with Crippen LogP contribution in [0.25, 0.3) is 55.4 Å². The number of aryl methyl sites for hydroxylation is 2. The van der Waals surface area contributed by atoms with Crippen LogP contribution in [0.1, 0.15) is 11.1 Å². The molecule has 0 amide bonds. The van der Waals surface area contributed by atoms with E-state index >= 15 is 0 Å². The zero-order valence-corrected chi connectivity index (χ0v) is 25.1. The standard InChI is InChI=1S/C35H31GeN2O/c1-23-14-19-28-33-29(36(2,3)4)21-27(22-37)32(26-17-15-25(16-18-26)24-11-7-6-8-12-24)35(33)39-34(28)31(23)30-13-9-10-20-38(30)5/h6-21H,1-5H3/q+1. The number of hydrogen-bond donors (Lipinski definition) is 0. The van der Waals surface area contributed by atoms with Crippen LogP contribution in [0, 0.1) is 18.3 Å². The van der Waals surface area contributed by atoms with Crippen LogP contribution in [-0.4, -0.2) is 13.3 Å². The molecule has 4 heteroatoms. The van der Waals surface area contributed by atoms with Crippen LogP contribution in [0.4, 0.5) is 0 Å². The molecule has 6 aromatic rings. The first-order valence-electron chi connectivity index (χ1n) is 13.3. The first kappa shape index (κ1) is 25.2. The number of nitriles is 1. The van der Waals surface area contributed by atoms with E-state index in [4.69, 9.17) is 4.42 Å². The molecule has 0 aliphatic rings. The molecule has 0 bridgehead atoms. The van der Waals surface area contributed by atoms with Crippen molar-refractivity contribution in [2.45, 2.75) is 24.2 Å². The number of hydrogen-bond acceptors (Lipinski definition) is 2. The van der Waals surface area contributed by atoms with Gasteiger partial charge >= 0.3 is 233 Å². The third-order valence-electron chi connectivity index (χ3n) is 7.64. The molecule has 0 spiro atoms. The molecule has 39 heavy (non-hydrogen) atoms. The fourth-order valence-electron chi connectivity index (χ4n) is 5.64. The number of furan rings is 1. The number of rotatable bonds is 4. The van der Waals surface area contributed by atoms with Crippen LogP contribution in [-0.2, 0) is 7.05 Å². The number of aromatic nitrogens is 1. The van der Waals surface area contributed by atoms with Crippen molar-refractivity contribution in [1.29, 1.82) is 5.26 Å². The van der Waals surface area contributed by atoms with Gasteiger partial charge in [0.1, 0.15) is 0 Å². The summed E-state index contributed by atoms with van der Waals surface area (Å²) in [4.78, 5) is 0. The summed E-state index contributed by atoms with van der Waals surface area (Å²) >= 11 is -2.42. The number of benzene rings is 4. The Kier molecular flexibility index (Phi) is 6.16. The van der Waals surface area contributed by atoms with E-state index in [2.05, 4.69) is 127 Å². The van der Waals surface area contributed by atoms with Crippen LogP contribution >= 0.6 is 0 Å². The maximum absolute atomic E-state index is 10.4. The Labute approximate surface area is 232 Å². The second-order valence-electron chi connectivity index (χ2n) is 11.3. The van der Waals surface area contributed by atoms with Crippen molar-refractivity contribution in [3.63, 3.8) is 0 Å². The van der Waals surface area contributed by atoms with E-state index in [1.165, 1.54) is 15.3 Å². The molecule has 0 atom stereocenters. The van der Waals surface area contributed by atoms with Gasteiger partial charge in [-0.2, -0.15) is 0 Å². The summed E-state index contributed by atoms with van der Waals surface area (Å²) in [6, 6.07) is 34.2. The van der Waals surface area contributed by atoms with Gasteiger partial charge in [0.2, 0.25) is 0 Å². The zero-order valence-electron chi connectivity index (χ0n) is 23.0. The van der Waals surface area contributed by atoms with Gasteiger partial charge in [0, 0.05) is 0 Å². The van der Waals surface area contributed by atoms with Crippen LogP contribution in [0.2, 0.25) is 17.3 Å². The Hall–Kier alpha value is -4.14. The third-order valence-corrected chi connectivity index (χ3v) is 11.9. The van der Waals surface area contributed by atoms with Crippen LogP contribution < -0.4 is 8.96 Å². The molecule has 0 N–H and O–H groups in total. The van der Waals surface area contributed by atoms with Crippen molar-refractivity contribution in [2.75, 3.05) is 0 Å². The Morgan fingerprint density at radius 1 is 0.744 bits per heavy atom. The van der Waals surface area contributed by atoms with Gasteiger partial charge in [-0.3, -0.25) is 0 Å². The average Bonchev–Trinajstić information content (AvgIpc) is 3.32. The Bertz CT molecular complexity index is 1900. The van der Waals surface area contributed by atoms with E-state index in [1.807, 2.05) is 12.1 Å². The maximum atomic E-state index is 10.4. The fourth-order valence-corrected chi connectivity index (χ4v) is 8.95. The van der Waals surface area contributed by atoms with Gasteiger partial charge < -0.3 is 0 Å². The average molecular weight is 568 g/mol. The van der Waals surface area contributed by atoms with E-state index < -0.39 is 13.3 Å². The summed E-state index contributed by atoms with van der Waals surface area (Å²) in [6.07, 6.45) is 2.07. The molecule has 6 rings (SSSR count). The topological polar surface area (TPSA) is 40.8 Å². The molecule has 2 heterocycles. The molecule has 0 aliphatic carbocycles. The van der Waals surface area contributed by atoms with Gasteiger partial charge in [0.25, 0.3) is 0 Å². The molecule has 3 nitrogen and oxygen atoms in total. The number of pyridine rings is 1. The minimum atomic E-state index is -2.42. The first-order chi connectivity index (χ1) is 18.8. The Morgan fingerprint density at radius 3 is 2.08 bits per heavy atom. The quantitative estimate of drug-likeness (QED) is 0.159. The van der Waals surface area contributed by atoms with E-state index in [1.54, 1.807) is 0 Å². The SMILES string of the molecule is Cc1ccc2c(oc3c(-c4ccc(-c5ccccc5)cc4)c(C#N)c[c]([Ge]([CH3])([CH3])[CH3])c32)c1-c1cccc[n+]1C. The second-order valence-corrected chi connectivity index (χ2v) is 21.9. The Morgan fingerprint density at radius 2 is 1.41 bits per heavy atom. The predicted octanol–water partition coefficient (Wildman–Crippen LogP) is 8.14. The second kappa shape index (κ2) is 9.56. The summed E-state index contributed by atoms with van der Waals surface area (Å²) in [6.45, 7) is 2.14. The summed E-state index contributed by atoms with van der Waals surface area (Å²) < 4.78 is 10.4. The Balaban J connectivity index is 1.70. The van der Waals surface area contributed by atoms with E-state index in [9.17, 15) is 5.26 Å². The molecule has 4 aromatic carbocycles. The predicted molar refractivity (Wildman–Crippen MR) is 164 cm³/mol.